The zero-order valence-corrected chi connectivity index (χ0v) is 17.9. The molecule has 0 fully saturated rings. The number of halogens is 1. The molecule has 0 saturated heterocycles. The van der Waals surface area contributed by atoms with Gasteiger partial charge in [0.1, 0.15) is 4.90 Å². The molecule has 2 aromatic carbocycles. The number of amides is 2. The van der Waals surface area contributed by atoms with Crippen LogP contribution in [0.5, 0.6) is 0 Å². The molecule has 0 atom stereocenters. The minimum atomic E-state index is -4.33. The monoisotopic (exact) mass is 457 g/mol. The molecule has 29 heavy (non-hydrogen) atoms. The summed E-state index contributed by atoms with van der Waals surface area (Å²) in [5, 5.41) is 14.1. The normalized spacial score (nSPS) is 11.1. The number of non-ortho nitro benzene ring substituents is 1. The maximum Gasteiger partial charge on any atom is 0.328 e. The van der Waals surface area contributed by atoms with Gasteiger partial charge < -0.3 is 5.32 Å². The van der Waals surface area contributed by atoms with Crippen LogP contribution >= 0.6 is 23.4 Å². The Bertz CT molecular complexity index is 981. The molecule has 0 aliphatic carbocycles. The fourth-order valence-corrected chi connectivity index (χ4v) is 4.76. The van der Waals surface area contributed by atoms with Gasteiger partial charge in [0, 0.05) is 33.5 Å². The van der Waals surface area contributed by atoms with E-state index in [1.54, 1.807) is 24.3 Å². The molecule has 0 aliphatic heterocycles. The smallest absolute Gasteiger partial charge is 0.328 e. The van der Waals surface area contributed by atoms with E-state index in [-0.39, 0.29) is 9.79 Å². The number of unbranched alkanes of at least 4 members (excludes halogenated alkanes) is 2. The molecule has 0 heterocycles. The van der Waals surface area contributed by atoms with E-state index in [0.29, 0.717) is 16.5 Å². The molecule has 2 N–H and O–H groups in total. The molecule has 2 aromatic rings. The van der Waals surface area contributed by atoms with Crippen molar-refractivity contribution in [1.82, 2.24) is 10.0 Å². The molecule has 0 unspecified atom stereocenters. The van der Waals surface area contributed by atoms with Gasteiger partial charge in [0.15, 0.2) is 0 Å². The summed E-state index contributed by atoms with van der Waals surface area (Å²) in [6, 6.07) is 9.28. The number of nitrogens with zero attached hydrogens (tertiary/aromatic N) is 1. The highest BCUT2D eigenvalue weighted by atomic mass is 35.5. The van der Waals surface area contributed by atoms with Gasteiger partial charge >= 0.3 is 6.03 Å². The summed E-state index contributed by atoms with van der Waals surface area (Å²) in [4.78, 5) is 22.9. The minimum Gasteiger partial charge on any atom is -0.337 e. The average Bonchev–Trinajstić information content (AvgIpc) is 2.66. The van der Waals surface area contributed by atoms with Crippen molar-refractivity contribution in [3.8, 4) is 0 Å². The largest absolute Gasteiger partial charge is 0.337 e. The second kappa shape index (κ2) is 10.5. The SMILES string of the molecule is CCCCCNC(=O)NS(=O)(=O)c1cc([N+](=O)[O-])ccc1Sc1ccc(Cl)cc1. The van der Waals surface area contributed by atoms with Gasteiger partial charge in [-0.15, -0.1) is 0 Å². The number of carbonyl (C=O) groups is 1. The number of sulfonamides is 1. The Labute approximate surface area is 178 Å². The number of hydrogen-bond donors (Lipinski definition) is 2. The summed E-state index contributed by atoms with van der Waals surface area (Å²) in [7, 11) is -4.33. The van der Waals surface area contributed by atoms with Crippen molar-refractivity contribution >= 4 is 45.1 Å². The highest BCUT2D eigenvalue weighted by Gasteiger charge is 2.25. The lowest BCUT2D eigenvalue weighted by molar-refractivity contribution is -0.385. The Morgan fingerprint density at radius 3 is 2.48 bits per heavy atom. The van der Waals surface area contributed by atoms with Crippen LogP contribution in [-0.2, 0) is 10.0 Å². The molecule has 0 saturated carbocycles. The molecular formula is C18H20ClN3O5S2. The van der Waals surface area contributed by atoms with Crippen LogP contribution < -0.4 is 10.0 Å². The van der Waals surface area contributed by atoms with Crippen LogP contribution in [0, 0.1) is 10.1 Å². The van der Waals surface area contributed by atoms with E-state index < -0.39 is 26.7 Å². The maximum absolute atomic E-state index is 12.7. The number of urea groups is 1. The van der Waals surface area contributed by atoms with Crippen molar-refractivity contribution in [3.05, 3.63) is 57.6 Å². The second-order valence-corrected chi connectivity index (χ2v) is 9.22. The number of benzene rings is 2. The molecule has 0 bridgehead atoms. The van der Waals surface area contributed by atoms with E-state index in [0.717, 1.165) is 37.1 Å². The predicted octanol–water partition coefficient (Wildman–Crippen LogP) is 4.58. The van der Waals surface area contributed by atoms with E-state index in [1.165, 1.54) is 12.1 Å². The molecule has 8 nitrogen and oxygen atoms in total. The third kappa shape index (κ3) is 6.91. The zero-order chi connectivity index (χ0) is 21.4. The quantitative estimate of drug-likeness (QED) is 0.323. The van der Waals surface area contributed by atoms with Crippen LogP contribution in [-0.4, -0.2) is 25.9 Å². The van der Waals surface area contributed by atoms with E-state index >= 15 is 0 Å². The van der Waals surface area contributed by atoms with Gasteiger partial charge in [0.2, 0.25) is 0 Å². The van der Waals surface area contributed by atoms with Crippen molar-refractivity contribution in [1.29, 1.82) is 0 Å². The number of carbonyl (C=O) groups excluding carboxylic acids is 1. The first-order chi connectivity index (χ1) is 13.7. The Balaban J connectivity index is 2.29. The highest BCUT2D eigenvalue weighted by Crippen LogP contribution is 2.35. The van der Waals surface area contributed by atoms with Crippen LogP contribution in [0.3, 0.4) is 0 Å². The molecule has 11 heteroatoms. The van der Waals surface area contributed by atoms with Crippen molar-refractivity contribution in [3.63, 3.8) is 0 Å². The van der Waals surface area contributed by atoms with E-state index in [2.05, 4.69) is 5.32 Å². The summed E-state index contributed by atoms with van der Waals surface area (Å²) >= 11 is 6.95. The van der Waals surface area contributed by atoms with Gasteiger partial charge in [0.25, 0.3) is 15.7 Å². The van der Waals surface area contributed by atoms with Gasteiger partial charge in [-0.2, -0.15) is 0 Å². The van der Waals surface area contributed by atoms with E-state index in [4.69, 9.17) is 11.6 Å². The number of nitro groups is 1. The highest BCUT2D eigenvalue weighted by molar-refractivity contribution is 8.00. The number of hydrogen-bond acceptors (Lipinski definition) is 6. The Morgan fingerprint density at radius 2 is 1.86 bits per heavy atom. The van der Waals surface area contributed by atoms with E-state index in [1.807, 2.05) is 11.6 Å². The first-order valence-electron chi connectivity index (χ1n) is 8.75. The first-order valence-corrected chi connectivity index (χ1v) is 11.4. The molecule has 2 rings (SSSR count). The summed E-state index contributed by atoms with van der Waals surface area (Å²) in [6.45, 7) is 2.34. The summed E-state index contributed by atoms with van der Waals surface area (Å²) < 4.78 is 27.4. The topological polar surface area (TPSA) is 118 Å². The van der Waals surface area contributed by atoms with Crippen LogP contribution in [0.15, 0.2) is 57.2 Å². The van der Waals surface area contributed by atoms with Gasteiger partial charge in [-0.05, 0) is 36.8 Å². The van der Waals surface area contributed by atoms with Gasteiger partial charge in [0.05, 0.1) is 4.92 Å². The molecule has 0 radical (unpaired) electrons. The fraction of sp³-hybridized carbons (Fsp3) is 0.278. The second-order valence-electron chi connectivity index (χ2n) is 6.01. The van der Waals surface area contributed by atoms with Crippen molar-refractivity contribution in [2.24, 2.45) is 0 Å². The van der Waals surface area contributed by atoms with Crippen molar-refractivity contribution in [2.75, 3.05) is 6.54 Å². The lowest BCUT2D eigenvalue weighted by Gasteiger charge is -2.12. The lowest BCUT2D eigenvalue weighted by atomic mass is 10.2. The van der Waals surface area contributed by atoms with Crippen LogP contribution in [0.25, 0.3) is 0 Å². The summed E-state index contributed by atoms with van der Waals surface area (Å²) in [6.07, 6.45) is 2.58. The average molecular weight is 458 g/mol. The van der Waals surface area contributed by atoms with Gasteiger partial charge in [-0.25, -0.2) is 17.9 Å². The number of rotatable bonds is 9. The van der Waals surface area contributed by atoms with Gasteiger partial charge in [-0.1, -0.05) is 43.1 Å². The fourth-order valence-electron chi connectivity index (χ4n) is 2.32. The molecule has 2 amide bonds. The van der Waals surface area contributed by atoms with E-state index in [9.17, 15) is 23.3 Å². The maximum atomic E-state index is 12.7. The van der Waals surface area contributed by atoms with Crippen LogP contribution in [0.1, 0.15) is 26.2 Å². The first kappa shape index (κ1) is 23.0. The Hall–Kier alpha value is -2.30. The summed E-state index contributed by atoms with van der Waals surface area (Å²) in [5.74, 6) is 0. The molecular weight excluding hydrogens is 438 g/mol. The predicted molar refractivity (Wildman–Crippen MR) is 112 cm³/mol. The summed E-state index contributed by atoms with van der Waals surface area (Å²) in [5.41, 5.74) is -0.394. The zero-order valence-electron chi connectivity index (χ0n) is 15.6. The molecule has 0 aromatic heterocycles. The van der Waals surface area contributed by atoms with Crippen LogP contribution in [0.2, 0.25) is 5.02 Å². The lowest BCUT2D eigenvalue weighted by Crippen LogP contribution is -2.39. The Morgan fingerprint density at radius 1 is 1.17 bits per heavy atom. The molecule has 0 aliphatic rings. The van der Waals surface area contributed by atoms with Crippen LogP contribution in [0.4, 0.5) is 10.5 Å². The van der Waals surface area contributed by atoms with Crippen molar-refractivity contribution in [2.45, 2.75) is 40.9 Å². The third-order valence-corrected chi connectivity index (χ3v) is 6.60. The van der Waals surface area contributed by atoms with Crippen molar-refractivity contribution < 1.29 is 18.1 Å². The minimum absolute atomic E-state index is 0.240. The number of nitro benzene ring substituents is 1. The standard InChI is InChI=1S/C18H20ClN3O5S2/c1-2-3-4-11-20-18(23)21-29(26,27)17-12-14(22(24)25)7-10-16(17)28-15-8-5-13(19)6-9-15/h5-10,12H,2-4,11H2,1H3,(H2,20,21,23). The van der Waals surface area contributed by atoms with Gasteiger partial charge in [-0.3, -0.25) is 10.1 Å². The Kier molecular flexibility index (Phi) is 8.30. The third-order valence-electron chi connectivity index (χ3n) is 3.76. The molecule has 156 valence electrons. The number of nitrogens with one attached hydrogen (secondary N) is 2. The molecule has 0 spiro atoms.